The standard InChI is InChI=1S/C22H20ClFN2O3/c23-16-11-9-14(10-12-16)20(27)25(13-15-5-1-4-8-19(15)24)26-21(28)17-6-2-3-7-18(17)22(26)29/h1,4-5,8-12,17-18H,2-3,6-7,13H2/t17-,18+. The lowest BCUT2D eigenvalue weighted by atomic mass is 9.81. The number of imide groups is 1. The van der Waals surface area contributed by atoms with Crippen molar-refractivity contribution >= 4 is 29.3 Å². The van der Waals surface area contributed by atoms with Gasteiger partial charge in [-0.05, 0) is 43.2 Å². The molecule has 0 radical (unpaired) electrons. The fraction of sp³-hybridized carbons (Fsp3) is 0.318. The number of amides is 3. The van der Waals surface area contributed by atoms with E-state index >= 15 is 0 Å². The number of carbonyl (C=O) groups excluding carboxylic acids is 3. The Morgan fingerprint density at radius 3 is 2.17 bits per heavy atom. The fourth-order valence-electron chi connectivity index (χ4n) is 4.15. The van der Waals surface area contributed by atoms with E-state index in [1.165, 1.54) is 24.3 Å². The number of hydrazine groups is 1. The van der Waals surface area contributed by atoms with Crippen LogP contribution in [0.15, 0.2) is 48.5 Å². The number of rotatable bonds is 4. The van der Waals surface area contributed by atoms with Gasteiger partial charge in [-0.3, -0.25) is 14.4 Å². The van der Waals surface area contributed by atoms with Gasteiger partial charge in [0.2, 0.25) is 0 Å². The largest absolute Gasteiger partial charge is 0.273 e. The number of hydrogen-bond donors (Lipinski definition) is 0. The van der Waals surface area contributed by atoms with Crippen molar-refractivity contribution in [2.45, 2.75) is 32.2 Å². The summed E-state index contributed by atoms with van der Waals surface area (Å²) in [6.45, 7) is -0.217. The average Bonchev–Trinajstić information content (AvgIpc) is 2.98. The monoisotopic (exact) mass is 414 g/mol. The van der Waals surface area contributed by atoms with Crippen LogP contribution in [0.25, 0.3) is 0 Å². The molecule has 29 heavy (non-hydrogen) atoms. The lowest BCUT2D eigenvalue weighted by Gasteiger charge is -2.30. The van der Waals surface area contributed by atoms with Crippen LogP contribution in [-0.2, 0) is 16.1 Å². The predicted molar refractivity (Wildman–Crippen MR) is 105 cm³/mol. The highest BCUT2D eigenvalue weighted by Gasteiger charge is 2.51. The molecule has 0 bridgehead atoms. The zero-order chi connectivity index (χ0) is 20.5. The van der Waals surface area contributed by atoms with Gasteiger partial charge in [0.05, 0.1) is 18.4 Å². The number of fused-ring (bicyclic) bond motifs is 1. The molecule has 0 aromatic heterocycles. The molecule has 0 N–H and O–H groups in total. The lowest BCUT2D eigenvalue weighted by Crippen LogP contribution is -2.49. The van der Waals surface area contributed by atoms with E-state index in [0.29, 0.717) is 17.9 Å². The summed E-state index contributed by atoms with van der Waals surface area (Å²) < 4.78 is 14.3. The van der Waals surface area contributed by atoms with Crippen LogP contribution in [0, 0.1) is 17.7 Å². The fourth-order valence-corrected chi connectivity index (χ4v) is 4.27. The van der Waals surface area contributed by atoms with Gasteiger partial charge < -0.3 is 0 Å². The maximum absolute atomic E-state index is 14.3. The summed E-state index contributed by atoms with van der Waals surface area (Å²) in [5.74, 6) is -2.62. The van der Waals surface area contributed by atoms with Crippen LogP contribution < -0.4 is 0 Å². The zero-order valence-corrected chi connectivity index (χ0v) is 16.4. The van der Waals surface area contributed by atoms with Crippen LogP contribution in [0.1, 0.15) is 41.6 Å². The molecule has 2 atom stereocenters. The van der Waals surface area contributed by atoms with Gasteiger partial charge in [-0.25, -0.2) is 9.40 Å². The van der Waals surface area contributed by atoms with Crippen LogP contribution in [0.4, 0.5) is 4.39 Å². The minimum Gasteiger partial charge on any atom is -0.272 e. The molecule has 2 fully saturated rings. The van der Waals surface area contributed by atoms with Crippen LogP contribution in [-0.4, -0.2) is 27.7 Å². The molecule has 2 aromatic carbocycles. The van der Waals surface area contributed by atoms with Crippen molar-refractivity contribution in [3.05, 3.63) is 70.5 Å². The van der Waals surface area contributed by atoms with E-state index in [-0.39, 0.29) is 29.5 Å². The third kappa shape index (κ3) is 3.65. The Morgan fingerprint density at radius 2 is 1.59 bits per heavy atom. The maximum Gasteiger partial charge on any atom is 0.273 e. The van der Waals surface area contributed by atoms with Crippen LogP contribution in [0.2, 0.25) is 5.02 Å². The van der Waals surface area contributed by atoms with Crippen LogP contribution in [0.5, 0.6) is 0 Å². The second-order valence-corrected chi connectivity index (χ2v) is 7.88. The van der Waals surface area contributed by atoms with Gasteiger partial charge in [0.15, 0.2) is 0 Å². The summed E-state index contributed by atoms with van der Waals surface area (Å²) >= 11 is 5.91. The molecule has 0 spiro atoms. The van der Waals surface area contributed by atoms with E-state index in [9.17, 15) is 18.8 Å². The molecular formula is C22H20ClFN2O3. The minimum atomic E-state index is -0.551. The third-order valence-corrected chi connectivity index (χ3v) is 5.91. The SMILES string of the molecule is O=C(c1ccc(Cl)cc1)N(Cc1ccccc1F)N1C(=O)[C@H]2CCCC[C@H]2C1=O. The summed E-state index contributed by atoms with van der Waals surface area (Å²) in [5, 5.41) is 2.48. The molecule has 2 aromatic rings. The number of nitrogens with zero attached hydrogens (tertiary/aromatic N) is 2. The predicted octanol–water partition coefficient (Wildman–Crippen LogP) is 4.21. The Kier molecular flexibility index (Phi) is 5.37. The van der Waals surface area contributed by atoms with Gasteiger partial charge in [0, 0.05) is 16.1 Å². The van der Waals surface area contributed by atoms with Crippen molar-refractivity contribution in [1.82, 2.24) is 10.0 Å². The first kappa shape index (κ1) is 19.6. The molecule has 2 aliphatic rings. The van der Waals surface area contributed by atoms with Gasteiger partial charge in [0.1, 0.15) is 5.82 Å². The molecule has 1 heterocycles. The molecule has 4 rings (SSSR count). The first-order valence-corrected chi connectivity index (χ1v) is 10.0. The van der Waals surface area contributed by atoms with Crippen molar-refractivity contribution in [3.8, 4) is 0 Å². The Morgan fingerprint density at radius 1 is 1.00 bits per heavy atom. The smallest absolute Gasteiger partial charge is 0.272 e. The van der Waals surface area contributed by atoms with Crippen LogP contribution >= 0.6 is 11.6 Å². The van der Waals surface area contributed by atoms with E-state index in [4.69, 9.17) is 11.6 Å². The molecule has 150 valence electrons. The molecule has 1 saturated heterocycles. The summed E-state index contributed by atoms with van der Waals surface area (Å²) in [6.07, 6.45) is 3.03. The van der Waals surface area contributed by atoms with E-state index < -0.39 is 23.6 Å². The normalized spacial score (nSPS) is 21.2. The summed E-state index contributed by atoms with van der Waals surface area (Å²) in [4.78, 5) is 39.4. The highest BCUT2D eigenvalue weighted by Crippen LogP contribution is 2.39. The summed E-state index contributed by atoms with van der Waals surface area (Å²) in [6, 6.07) is 12.2. The van der Waals surface area contributed by atoms with E-state index in [0.717, 1.165) is 22.9 Å². The second kappa shape index (κ2) is 7.95. The van der Waals surface area contributed by atoms with Crippen molar-refractivity contribution in [3.63, 3.8) is 0 Å². The highest BCUT2D eigenvalue weighted by molar-refractivity contribution is 6.30. The second-order valence-electron chi connectivity index (χ2n) is 7.45. The van der Waals surface area contributed by atoms with Gasteiger partial charge in [0.25, 0.3) is 17.7 Å². The summed E-state index contributed by atoms with van der Waals surface area (Å²) in [5.41, 5.74) is 0.492. The Labute approximate surface area is 173 Å². The van der Waals surface area contributed by atoms with E-state index in [2.05, 4.69) is 0 Å². The molecule has 0 unspecified atom stereocenters. The summed E-state index contributed by atoms with van der Waals surface area (Å²) in [7, 11) is 0. The van der Waals surface area contributed by atoms with Gasteiger partial charge in [-0.2, -0.15) is 5.01 Å². The first-order valence-electron chi connectivity index (χ1n) is 9.66. The number of benzene rings is 2. The number of carbonyl (C=O) groups is 3. The topological polar surface area (TPSA) is 57.7 Å². The van der Waals surface area contributed by atoms with Gasteiger partial charge in [-0.15, -0.1) is 0 Å². The minimum absolute atomic E-state index is 0.217. The number of halogens is 2. The van der Waals surface area contributed by atoms with E-state index in [1.807, 2.05) is 0 Å². The average molecular weight is 415 g/mol. The molecule has 1 aliphatic carbocycles. The number of hydrogen-bond acceptors (Lipinski definition) is 3. The lowest BCUT2D eigenvalue weighted by molar-refractivity contribution is -0.155. The molecule has 5 nitrogen and oxygen atoms in total. The Bertz CT molecular complexity index is 939. The third-order valence-electron chi connectivity index (χ3n) is 5.66. The van der Waals surface area contributed by atoms with Gasteiger partial charge >= 0.3 is 0 Å². The Balaban J connectivity index is 1.72. The van der Waals surface area contributed by atoms with Crippen molar-refractivity contribution < 1.29 is 18.8 Å². The van der Waals surface area contributed by atoms with Crippen molar-refractivity contribution in [2.75, 3.05) is 0 Å². The van der Waals surface area contributed by atoms with Crippen molar-refractivity contribution in [2.24, 2.45) is 11.8 Å². The van der Waals surface area contributed by atoms with Gasteiger partial charge in [-0.1, -0.05) is 42.6 Å². The van der Waals surface area contributed by atoms with Crippen LogP contribution in [0.3, 0.4) is 0 Å². The Hall–Kier alpha value is -2.73. The zero-order valence-electron chi connectivity index (χ0n) is 15.7. The molecular weight excluding hydrogens is 395 g/mol. The maximum atomic E-state index is 14.3. The molecule has 1 aliphatic heterocycles. The molecule has 3 amide bonds. The molecule has 1 saturated carbocycles. The molecule has 7 heteroatoms. The first-order chi connectivity index (χ1) is 14.0. The highest BCUT2D eigenvalue weighted by atomic mass is 35.5. The van der Waals surface area contributed by atoms with Crippen molar-refractivity contribution in [1.29, 1.82) is 0 Å². The van der Waals surface area contributed by atoms with E-state index in [1.54, 1.807) is 24.3 Å². The quantitative estimate of drug-likeness (QED) is 0.704.